The third-order valence-corrected chi connectivity index (χ3v) is 4.94. The highest BCUT2D eigenvalue weighted by atomic mass is 19.1. The molecule has 1 fully saturated rings. The van der Waals surface area contributed by atoms with Crippen LogP contribution >= 0.6 is 0 Å². The Morgan fingerprint density at radius 3 is 2.89 bits per heavy atom. The summed E-state index contributed by atoms with van der Waals surface area (Å²) < 4.78 is 21.7. The van der Waals surface area contributed by atoms with Crippen LogP contribution in [0.25, 0.3) is 5.52 Å². The molecule has 0 spiro atoms. The van der Waals surface area contributed by atoms with Crippen molar-refractivity contribution in [2.45, 2.75) is 25.2 Å². The molecule has 5 nitrogen and oxygen atoms in total. The number of aliphatic hydroxyl groups is 1. The summed E-state index contributed by atoms with van der Waals surface area (Å²) >= 11 is 0. The molecule has 1 saturated carbocycles. The Kier molecular flexibility index (Phi) is 5.01. The van der Waals surface area contributed by atoms with Gasteiger partial charge in [0.1, 0.15) is 12.4 Å². The van der Waals surface area contributed by atoms with E-state index in [4.69, 9.17) is 9.84 Å². The summed E-state index contributed by atoms with van der Waals surface area (Å²) in [5.74, 6) is 0.0435. The lowest BCUT2D eigenvalue weighted by Gasteiger charge is -2.13. The number of carbonyl (C=O) groups excluding carboxylic acids is 1. The lowest BCUT2D eigenvalue weighted by atomic mass is 9.99. The third-order valence-electron chi connectivity index (χ3n) is 4.94. The number of carbonyl (C=O) groups is 1. The number of hydrogen-bond acceptors (Lipinski definition) is 4. The second-order valence-corrected chi connectivity index (χ2v) is 6.88. The van der Waals surface area contributed by atoms with Gasteiger partial charge < -0.3 is 14.2 Å². The Morgan fingerprint density at radius 2 is 2.15 bits per heavy atom. The molecule has 4 rings (SSSR count). The average Bonchev–Trinajstić information content (AvgIpc) is 3.40. The van der Waals surface area contributed by atoms with E-state index in [0.29, 0.717) is 22.7 Å². The number of pyridine rings is 1. The molecular formula is C21H21FN2O3. The lowest BCUT2D eigenvalue weighted by Crippen LogP contribution is -2.16. The first kappa shape index (κ1) is 17.8. The Balaban J connectivity index is 1.67. The van der Waals surface area contributed by atoms with Crippen molar-refractivity contribution in [3.8, 4) is 0 Å². The molecule has 2 aromatic heterocycles. The SMILES string of the molecule is O=C(COCCO)c1ccc2cncn2c1Cc1ccc(C2CC2)cc1F. The lowest BCUT2D eigenvalue weighted by molar-refractivity contribution is 0.0662. The summed E-state index contributed by atoms with van der Waals surface area (Å²) in [6, 6.07) is 8.95. The van der Waals surface area contributed by atoms with Gasteiger partial charge in [-0.2, -0.15) is 0 Å². The van der Waals surface area contributed by atoms with Gasteiger partial charge in [-0.15, -0.1) is 0 Å². The second-order valence-electron chi connectivity index (χ2n) is 6.88. The summed E-state index contributed by atoms with van der Waals surface area (Å²) in [5.41, 5.74) is 3.59. The predicted octanol–water partition coefficient (Wildman–Crippen LogP) is 3.13. The van der Waals surface area contributed by atoms with Gasteiger partial charge in [0.15, 0.2) is 5.78 Å². The fraction of sp³-hybridized carbons (Fsp3) is 0.333. The summed E-state index contributed by atoms with van der Waals surface area (Å²) in [7, 11) is 0. The number of imidazole rings is 1. The molecule has 1 N–H and O–H groups in total. The quantitative estimate of drug-likeness (QED) is 0.490. The van der Waals surface area contributed by atoms with Gasteiger partial charge in [0.25, 0.3) is 0 Å². The number of benzene rings is 1. The zero-order valence-corrected chi connectivity index (χ0v) is 14.9. The van der Waals surface area contributed by atoms with E-state index in [-0.39, 0.29) is 37.8 Å². The van der Waals surface area contributed by atoms with E-state index in [2.05, 4.69) is 4.98 Å². The standard InChI is InChI=1S/C21H21FN2O3/c22-19-9-15(14-1-2-14)3-4-16(19)10-20-18(21(26)12-27-8-7-25)6-5-17-11-23-13-24(17)20/h3-6,9,11,13-14,25H,1-2,7-8,10,12H2. The fourth-order valence-electron chi connectivity index (χ4n) is 3.35. The van der Waals surface area contributed by atoms with Crippen LogP contribution in [-0.2, 0) is 11.2 Å². The van der Waals surface area contributed by atoms with Crippen LogP contribution in [0, 0.1) is 5.82 Å². The molecule has 0 aliphatic heterocycles. The highest BCUT2D eigenvalue weighted by molar-refractivity contribution is 5.98. The number of Topliss-reactive ketones (excluding diaryl/α,β-unsaturated/α-hetero) is 1. The highest BCUT2D eigenvalue weighted by Gasteiger charge is 2.24. The third kappa shape index (κ3) is 3.77. The molecule has 1 aromatic carbocycles. The van der Waals surface area contributed by atoms with Gasteiger partial charge in [0.2, 0.25) is 0 Å². The first-order valence-corrected chi connectivity index (χ1v) is 9.11. The minimum Gasteiger partial charge on any atom is -0.394 e. The van der Waals surface area contributed by atoms with Crippen LogP contribution in [0.15, 0.2) is 42.9 Å². The van der Waals surface area contributed by atoms with Gasteiger partial charge in [0.05, 0.1) is 31.3 Å². The second kappa shape index (κ2) is 7.58. The molecule has 0 radical (unpaired) electrons. The number of aromatic nitrogens is 2. The minimum absolute atomic E-state index is 0.103. The van der Waals surface area contributed by atoms with Gasteiger partial charge in [-0.05, 0) is 48.1 Å². The summed E-state index contributed by atoms with van der Waals surface area (Å²) in [5, 5.41) is 8.82. The predicted molar refractivity (Wildman–Crippen MR) is 98.6 cm³/mol. The van der Waals surface area contributed by atoms with E-state index in [1.165, 1.54) is 0 Å². The van der Waals surface area contributed by atoms with Gasteiger partial charge in [-0.1, -0.05) is 12.1 Å². The maximum atomic E-state index is 14.7. The van der Waals surface area contributed by atoms with E-state index in [9.17, 15) is 9.18 Å². The number of fused-ring (bicyclic) bond motifs is 1. The van der Waals surface area contributed by atoms with Crippen molar-refractivity contribution in [3.05, 3.63) is 71.1 Å². The smallest absolute Gasteiger partial charge is 0.190 e. The van der Waals surface area contributed by atoms with Gasteiger partial charge in [-0.3, -0.25) is 4.79 Å². The Labute approximate surface area is 156 Å². The van der Waals surface area contributed by atoms with Crippen molar-refractivity contribution in [1.29, 1.82) is 0 Å². The Bertz CT molecular complexity index is 979. The number of ketones is 1. The van der Waals surface area contributed by atoms with Crippen LogP contribution in [0.2, 0.25) is 0 Å². The zero-order chi connectivity index (χ0) is 18.8. The normalized spacial score (nSPS) is 14.0. The molecule has 0 saturated heterocycles. The fourth-order valence-corrected chi connectivity index (χ4v) is 3.35. The highest BCUT2D eigenvalue weighted by Crippen LogP contribution is 2.40. The topological polar surface area (TPSA) is 63.8 Å². The summed E-state index contributed by atoms with van der Waals surface area (Å²) in [4.78, 5) is 16.7. The molecule has 140 valence electrons. The number of hydrogen-bond donors (Lipinski definition) is 1. The maximum absolute atomic E-state index is 14.7. The van der Waals surface area contributed by atoms with Crippen LogP contribution in [0.4, 0.5) is 4.39 Å². The van der Waals surface area contributed by atoms with E-state index in [1.54, 1.807) is 24.7 Å². The van der Waals surface area contributed by atoms with Gasteiger partial charge in [0, 0.05) is 17.7 Å². The van der Waals surface area contributed by atoms with Crippen LogP contribution < -0.4 is 0 Å². The molecule has 1 aliphatic carbocycles. The van der Waals surface area contributed by atoms with Gasteiger partial charge >= 0.3 is 0 Å². The van der Waals surface area contributed by atoms with Crippen molar-refractivity contribution in [2.24, 2.45) is 0 Å². The molecule has 0 atom stereocenters. The molecule has 3 aromatic rings. The largest absolute Gasteiger partial charge is 0.394 e. The van der Waals surface area contributed by atoms with Crippen molar-refractivity contribution >= 4 is 11.3 Å². The van der Waals surface area contributed by atoms with Crippen LogP contribution in [0.3, 0.4) is 0 Å². The number of rotatable bonds is 8. The molecule has 0 unspecified atom stereocenters. The first-order chi connectivity index (χ1) is 13.2. The van der Waals surface area contributed by atoms with E-state index < -0.39 is 0 Å². The van der Waals surface area contributed by atoms with Crippen molar-refractivity contribution in [2.75, 3.05) is 19.8 Å². The van der Waals surface area contributed by atoms with Crippen molar-refractivity contribution < 1.29 is 19.0 Å². The summed E-state index contributed by atoms with van der Waals surface area (Å²) in [6.07, 6.45) is 5.86. The Morgan fingerprint density at radius 1 is 1.30 bits per heavy atom. The zero-order valence-electron chi connectivity index (χ0n) is 14.9. The molecule has 2 heterocycles. The van der Waals surface area contributed by atoms with E-state index in [0.717, 1.165) is 23.9 Å². The maximum Gasteiger partial charge on any atom is 0.190 e. The number of aliphatic hydroxyl groups excluding tert-OH is 1. The molecule has 27 heavy (non-hydrogen) atoms. The van der Waals surface area contributed by atoms with Crippen molar-refractivity contribution in [3.63, 3.8) is 0 Å². The first-order valence-electron chi connectivity index (χ1n) is 9.11. The number of ether oxygens (including phenoxy) is 1. The number of halogens is 1. The van der Waals surface area contributed by atoms with Crippen LogP contribution in [0.1, 0.15) is 45.9 Å². The van der Waals surface area contributed by atoms with E-state index >= 15 is 0 Å². The van der Waals surface area contributed by atoms with Crippen molar-refractivity contribution in [1.82, 2.24) is 9.38 Å². The summed E-state index contributed by atoms with van der Waals surface area (Å²) in [6.45, 7) is -0.165. The van der Waals surface area contributed by atoms with Gasteiger partial charge in [-0.25, -0.2) is 9.37 Å². The molecule has 6 heteroatoms. The molecular weight excluding hydrogens is 347 g/mol. The molecule has 1 aliphatic rings. The Hall–Kier alpha value is -2.57. The average molecular weight is 368 g/mol. The monoisotopic (exact) mass is 368 g/mol. The van der Waals surface area contributed by atoms with Crippen LogP contribution in [-0.4, -0.2) is 40.1 Å². The molecule has 0 bridgehead atoms. The molecule has 0 amide bonds. The number of nitrogens with zero attached hydrogens (tertiary/aromatic N) is 2. The minimum atomic E-state index is -0.244. The van der Waals surface area contributed by atoms with E-state index in [1.807, 2.05) is 22.6 Å². The van der Waals surface area contributed by atoms with Crippen LogP contribution in [0.5, 0.6) is 0 Å².